The summed E-state index contributed by atoms with van der Waals surface area (Å²) in [4.78, 5) is 93.8. The highest BCUT2D eigenvalue weighted by molar-refractivity contribution is 7.98. The van der Waals surface area contributed by atoms with E-state index in [9.17, 15) is 48.9 Å². The molecule has 1 heterocycles. The summed E-state index contributed by atoms with van der Waals surface area (Å²) in [5, 5.41) is 45.9. The fourth-order valence-electron chi connectivity index (χ4n) is 7.47. The van der Waals surface area contributed by atoms with Gasteiger partial charge in [0.2, 0.25) is 35.4 Å². The maximum atomic E-state index is 14.0. The lowest BCUT2D eigenvalue weighted by Gasteiger charge is -2.26. The number of rotatable bonds is 29. The molecule has 1 saturated heterocycles. The van der Waals surface area contributed by atoms with Gasteiger partial charge < -0.3 is 63.4 Å². The van der Waals surface area contributed by atoms with E-state index in [0.717, 1.165) is 0 Å². The van der Waals surface area contributed by atoms with Gasteiger partial charge in [0.15, 0.2) is 0 Å². The van der Waals surface area contributed by atoms with Gasteiger partial charge in [-0.25, -0.2) is 4.79 Å². The number of carboxylic acid groups (broad SMARTS) is 1. The third kappa shape index (κ3) is 20.1. The molecule has 2 aromatic carbocycles. The first kappa shape index (κ1) is 55.9. The number of nitrogens with one attached hydrogen (secondary N) is 6. The zero-order chi connectivity index (χ0) is 49.6. The SMILES string of the molecule is CSCC[C@H](NC(=O)[C@@H](N)CC(C)C)C(=O)N[C@@H](Cc1ccc(O)cc1)C(=O)NC[C@@H]1CC[C@H](C(=O)N[C@@H](Cc2ccc(O)cc2)C(=O)N[C@@H](CC(C)C)C(=O)N[C@@H](CCCCN)C(=O)O)O1. The van der Waals surface area contributed by atoms with E-state index in [2.05, 4.69) is 31.9 Å². The number of carbonyl (C=O) groups excluding carboxylic acids is 6. The number of aliphatic carboxylic acids is 1. The normalized spacial score (nSPS) is 17.3. The van der Waals surface area contributed by atoms with Crippen molar-refractivity contribution in [3.63, 3.8) is 0 Å². The molecule has 372 valence electrons. The van der Waals surface area contributed by atoms with Crippen molar-refractivity contribution in [3.8, 4) is 11.5 Å². The van der Waals surface area contributed by atoms with Crippen LogP contribution in [0.5, 0.6) is 11.5 Å². The molecule has 8 atom stereocenters. The molecule has 13 N–H and O–H groups in total. The van der Waals surface area contributed by atoms with Crippen LogP contribution in [0.4, 0.5) is 0 Å². The fraction of sp³-hybridized carbons (Fsp3) is 0.596. The summed E-state index contributed by atoms with van der Waals surface area (Å²) in [7, 11) is 0. The highest BCUT2D eigenvalue weighted by atomic mass is 32.2. The van der Waals surface area contributed by atoms with Crippen molar-refractivity contribution in [2.75, 3.05) is 25.1 Å². The second-order valence-corrected chi connectivity index (χ2v) is 18.9. The van der Waals surface area contributed by atoms with Crippen LogP contribution in [0.1, 0.15) is 90.2 Å². The number of carboxylic acids is 1. The van der Waals surface area contributed by atoms with Gasteiger partial charge in [0.05, 0.1) is 12.1 Å². The topological polar surface area (TPSA) is 314 Å². The standard InChI is InChI=1S/C47H72N8O11S/c1-27(2)22-34(49)41(58)51-35(19-21-67-5)43(60)54-38(24-29-9-13-31(56)14-10-29)42(59)50-26-33-17-18-40(66-33)46(63)55-39(25-30-11-15-32(57)16-12-30)45(62)53-37(23-28(3)4)44(61)52-36(47(64)65)8-6-7-20-48/h9-16,27-28,33-40,56-57H,6-8,17-26,48-49H2,1-5H3,(H,50,59)(H,51,58)(H,52,61)(H,53,62)(H,54,60)(H,55,63)(H,64,65)/t33-,34-,35-,36-,37-,38-,39-,40+/m0/s1. The van der Waals surface area contributed by atoms with Gasteiger partial charge in [-0.05, 0) is 117 Å². The molecule has 0 unspecified atom stereocenters. The highest BCUT2D eigenvalue weighted by Gasteiger charge is 2.36. The molecule has 0 spiro atoms. The van der Waals surface area contributed by atoms with Gasteiger partial charge in [-0.2, -0.15) is 11.8 Å². The van der Waals surface area contributed by atoms with E-state index in [-0.39, 0.29) is 68.4 Å². The predicted molar refractivity (Wildman–Crippen MR) is 255 cm³/mol. The van der Waals surface area contributed by atoms with Gasteiger partial charge in [-0.3, -0.25) is 28.8 Å². The smallest absolute Gasteiger partial charge is 0.326 e. The summed E-state index contributed by atoms with van der Waals surface area (Å²) in [5.41, 5.74) is 12.9. The fourth-order valence-corrected chi connectivity index (χ4v) is 7.94. The van der Waals surface area contributed by atoms with Crippen molar-refractivity contribution in [1.29, 1.82) is 0 Å². The van der Waals surface area contributed by atoms with Crippen LogP contribution in [0, 0.1) is 11.8 Å². The lowest BCUT2D eigenvalue weighted by atomic mass is 10.00. The van der Waals surface area contributed by atoms with E-state index in [1.54, 1.807) is 24.3 Å². The quantitative estimate of drug-likeness (QED) is 0.0514. The van der Waals surface area contributed by atoms with Crippen LogP contribution in [-0.4, -0.2) is 130 Å². The number of phenols is 2. The summed E-state index contributed by atoms with van der Waals surface area (Å²) in [6.07, 6.45) is 2.91. The molecule has 67 heavy (non-hydrogen) atoms. The molecule has 0 aliphatic carbocycles. The monoisotopic (exact) mass is 957 g/mol. The number of phenolic OH excluding ortho intramolecular Hbond substituents is 2. The third-order valence-electron chi connectivity index (χ3n) is 11.1. The molecule has 1 aliphatic heterocycles. The Morgan fingerprint density at radius 2 is 1.16 bits per heavy atom. The van der Waals surface area contributed by atoms with Gasteiger partial charge in [0.25, 0.3) is 0 Å². The molecular formula is C47H72N8O11S. The Bertz CT molecular complexity index is 1920. The van der Waals surface area contributed by atoms with Crippen LogP contribution in [-0.2, 0) is 51.1 Å². The minimum Gasteiger partial charge on any atom is -0.508 e. The number of nitrogens with two attached hydrogens (primary N) is 2. The van der Waals surface area contributed by atoms with Crippen LogP contribution >= 0.6 is 11.8 Å². The minimum absolute atomic E-state index is 0.00461. The van der Waals surface area contributed by atoms with E-state index < -0.39 is 89.9 Å². The summed E-state index contributed by atoms with van der Waals surface area (Å²) in [5.74, 6) is -4.19. The van der Waals surface area contributed by atoms with Crippen LogP contribution in [0.3, 0.4) is 0 Å². The van der Waals surface area contributed by atoms with Gasteiger partial charge in [-0.1, -0.05) is 52.0 Å². The molecule has 2 aromatic rings. The Labute approximate surface area is 397 Å². The van der Waals surface area contributed by atoms with Gasteiger partial charge in [-0.15, -0.1) is 0 Å². The molecular weight excluding hydrogens is 885 g/mol. The molecule has 0 saturated carbocycles. The number of amides is 6. The molecule has 3 rings (SSSR count). The first-order valence-electron chi connectivity index (χ1n) is 23.0. The summed E-state index contributed by atoms with van der Waals surface area (Å²) in [6.45, 7) is 7.90. The number of ether oxygens (including phenoxy) is 1. The Balaban J connectivity index is 1.74. The van der Waals surface area contributed by atoms with E-state index in [0.29, 0.717) is 49.1 Å². The average Bonchev–Trinajstić information content (AvgIpc) is 3.76. The van der Waals surface area contributed by atoms with Crippen LogP contribution in [0.25, 0.3) is 0 Å². The first-order chi connectivity index (χ1) is 31.8. The van der Waals surface area contributed by atoms with Gasteiger partial charge >= 0.3 is 5.97 Å². The number of hydrogen-bond acceptors (Lipinski definition) is 13. The lowest BCUT2D eigenvalue weighted by molar-refractivity contribution is -0.142. The van der Waals surface area contributed by atoms with Gasteiger partial charge in [0.1, 0.15) is 47.8 Å². The van der Waals surface area contributed by atoms with E-state index in [1.165, 1.54) is 36.0 Å². The predicted octanol–water partition coefficient (Wildman–Crippen LogP) is 1.36. The summed E-state index contributed by atoms with van der Waals surface area (Å²) < 4.78 is 6.07. The van der Waals surface area contributed by atoms with E-state index in [4.69, 9.17) is 16.2 Å². The largest absolute Gasteiger partial charge is 0.508 e. The van der Waals surface area contributed by atoms with E-state index >= 15 is 0 Å². The number of hydrogen-bond donors (Lipinski definition) is 11. The Morgan fingerprint density at radius 1 is 0.657 bits per heavy atom. The third-order valence-corrected chi connectivity index (χ3v) is 11.8. The molecule has 0 bridgehead atoms. The number of carbonyl (C=O) groups is 7. The average molecular weight is 957 g/mol. The van der Waals surface area contributed by atoms with Crippen molar-refractivity contribution in [1.82, 2.24) is 31.9 Å². The zero-order valence-electron chi connectivity index (χ0n) is 39.3. The van der Waals surface area contributed by atoms with E-state index in [1.807, 2.05) is 34.0 Å². The van der Waals surface area contributed by atoms with Crippen molar-refractivity contribution in [2.45, 2.75) is 140 Å². The molecule has 20 heteroatoms. The zero-order valence-corrected chi connectivity index (χ0v) is 40.1. The number of benzene rings is 2. The molecule has 0 radical (unpaired) electrons. The molecule has 1 aliphatic rings. The lowest BCUT2D eigenvalue weighted by Crippen LogP contribution is -2.57. The number of aromatic hydroxyl groups is 2. The maximum Gasteiger partial charge on any atom is 0.326 e. The number of unbranched alkanes of at least 4 members (excludes halogenated alkanes) is 1. The molecule has 19 nitrogen and oxygen atoms in total. The minimum atomic E-state index is -1.22. The maximum absolute atomic E-state index is 14.0. The first-order valence-corrected chi connectivity index (χ1v) is 24.4. The highest BCUT2D eigenvalue weighted by Crippen LogP contribution is 2.21. The Kier molecular flexibility index (Phi) is 23.9. The molecule has 6 amide bonds. The number of thioether (sulfide) groups is 1. The van der Waals surface area contributed by atoms with Crippen molar-refractivity contribution >= 4 is 53.2 Å². The molecule has 1 fully saturated rings. The Hall–Kier alpha value is -5.44. The van der Waals surface area contributed by atoms with Crippen LogP contribution < -0.4 is 43.4 Å². The second kappa shape index (κ2) is 28.7. The van der Waals surface area contributed by atoms with Crippen LogP contribution in [0.15, 0.2) is 48.5 Å². The van der Waals surface area contributed by atoms with Crippen molar-refractivity contribution in [2.24, 2.45) is 23.3 Å². The van der Waals surface area contributed by atoms with Crippen molar-refractivity contribution in [3.05, 3.63) is 59.7 Å². The second-order valence-electron chi connectivity index (χ2n) is 17.9. The van der Waals surface area contributed by atoms with Crippen molar-refractivity contribution < 1.29 is 53.6 Å². The molecule has 0 aromatic heterocycles. The summed E-state index contributed by atoms with van der Waals surface area (Å²) in [6, 6.07) is 5.77. The van der Waals surface area contributed by atoms with Gasteiger partial charge in [0, 0.05) is 19.4 Å². The summed E-state index contributed by atoms with van der Waals surface area (Å²) >= 11 is 1.49. The van der Waals surface area contributed by atoms with Crippen LogP contribution in [0.2, 0.25) is 0 Å². The Morgan fingerprint density at radius 3 is 1.70 bits per heavy atom.